The summed E-state index contributed by atoms with van der Waals surface area (Å²) in [5, 5.41) is 15.1. The van der Waals surface area contributed by atoms with Crippen LogP contribution in [-0.4, -0.2) is 28.2 Å². The molecular formula is C13H20N2O4. The molecule has 1 atom stereocenters. The second kappa shape index (κ2) is 5.86. The molecule has 1 heterocycles. The Bertz CT molecular complexity index is 459. The Morgan fingerprint density at radius 2 is 2.11 bits per heavy atom. The smallest absolute Gasteiger partial charge is 0.326 e. The third-order valence-corrected chi connectivity index (χ3v) is 2.66. The number of aliphatic carboxylic acids is 1. The SMILES string of the molecule is CCCC(NC(=O)c1cc(C(C)(C)C)on1)C(=O)O. The van der Waals surface area contributed by atoms with Crippen molar-refractivity contribution in [3.8, 4) is 0 Å². The second-order valence-electron chi connectivity index (χ2n) is 5.48. The van der Waals surface area contributed by atoms with Gasteiger partial charge >= 0.3 is 5.97 Å². The predicted octanol–water partition coefficient (Wildman–Crippen LogP) is 1.96. The Labute approximate surface area is 112 Å². The van der Waals surface area contributed by atoms with Crippen LogP contribution in [0.5, 0.6) is 0 Å². The van der Waals surface area contributed by atoms with E-state index in [1.807, 2.05) is 27.7 Å². The third kappa shape index (κ3) is 4.08. The molecule has 6 nitrogen and oxygen atoms in total. The highest BCUT2D eigenvalue weighted by atomic mass is 16.5. The molecular weight excluding hydrogens is 248 g/mol. The van der Waals surface area contributed by atoms with Crippen molar-refractivity contribution in [1.29, 1.82) is 0 Å². The Balaban J connectivity index is 2.78. The summed E-state index contributed by atoms with van der Waals surface area (Å²) >= 11 is 0. The topological polar surface area (TPSA) is 92.4 Å². The van der Waals surface area contributed by atoms with E-state index < -0.39 is 17.9 Å². The highest BCUT2D eigenvalue weighted by Crippen LogP contribution is 2.22. The Morgan fingerprint density at radius 1 is 1.47 bits per heavy atom. The summed E-state index contributed by atoms with van der Waals surface area (Å²) in [4.78, 5) is 22.8. The van der Waals surface area contributed by atoms with E-state index in [1.54, 1.807) is 6.07 Å². The molecule has 0 bridgehead atoms. The molecule has 1 unspecified atom stereocenters. The van der Waals surface area contributed by atoms with Crippen molar-refractivity contribution in [3.05, 3.63) is 17.5 Å². The van der Waals surface area contributed by atoms with Crippen molar-refractivity contribution < 1.29 is 19.2 Å². The van der Waals surface area contributed by atoms with Crippen LogP contribution in [0.2, 0.25) is 0 Å². The molecule has 0 saturated heterocycles. The minimum atomic E-state index is -1.05. The molecule has 106 valence electrons. The normalized spacial score (nSPS) is 13.1. The lowest BCUT2D eigenvalue weighted by Crippen LogP contribution is -2.40. The Kier molecular flexibility index (Phi) is 4.69. The van der Waals surface area contributed by atoms with E-state index >= 15 is 0 Å². The van der Waals surface area contributed by atoms with E-state index in [-0.39, 0.29) is 11.1 Å². The standard InChI is InChI=1S/C13H20N2O4/c1-5-6-8(12(17)18)14-11(16)9-7-10(19-15-9)13(2,3)4/h7-8H,5-6H2,1-4H3,(H,14,16)(H,17,18). The molecule has 0 aliphatic rings. The van der Waals surface area contributed by atoms with Crippen LogP contribution >= 0.6 is 0 Å². The van der Waals surface area contributed by atoms with Crippen molar-refractivity contribution >= 4 is 11.9 Å². The van der Waals surface area contributed by atoms with Gasteiger partial charge in [0.2, 0.25) is 0 Å². The summed E-state index contributed by atoms with van der Waals surface area (Å²) in [6.07, 6.45) is 1.05. The highest BCUT2D eigenvalue weighted by Gasteiger charge is 2.25. The summed E-state index contributed by atoms with van der Waals surface area (Å²) in [7, 11) is 0. The van der Waals surface area contributed by atoms with Crippen LogP contribution in [0.4, 0.5) is 0 Å². The lowest BCUT2D eigenvalue weighted by Gasteiger charge is -2.12. The molecule has 2 N–H and O–H groups in total. The molecule has 6 heteroatoms. The van der Waals surface area contributed by atoms with Gasteiger partial charge in [-0.3, -0.25) is 4.79 Å². The van der Waals surface area contributed by atoms with Crippen molar-refractivity contribution in [2.24, 2.45) is 0 Å². The minimum Gasteiger partial charge on any atom is -0.480 e. The van der Waals surface area contributed by atoms with Gasteiger partial charge in [-0.05, 0) is 6.42 Å². The van der Waals surface area contributed by atoms with Crippen molar-refractivity contribution in [2.75, 3.05) is 0 Å². The number of carbonyl (C=O) groups excluding carboxylic acids is 1. The van der Waals surface area contributed by atoms with Crippen LogP contribution in [0.3, 0.4) is 0 Å². The maximum absolute atomic E-state index is 11.9. The fraction of sp³-hybridized carbons (Fsp3) is 0.615. The number of aromatic nitrogens is 1. The van der Waals surface area contributed by atoms with Crippen LogP contribution in [0.1, 0.15) is 56.8 Å². The van der Waals surface area contributed by atoms with Gasteiger partial charge in [0, 0.05) is 11.5 Å². The molecule has 0 aliphatic carbocycles. The first kappa shape index (κ1) is 15.2. The maximum Gasteiger partial charge on any atom is 0.326 e. The first-order valence-electron chi connectivity index (χ1n) is 6.26. The van der Waals surface area contributed by atoms with Crippen LogP contribution < -0.4 is 5.32 Å². The minimum absolute atomic E-state index is 0.104. The number of carboxylic acid groups (broad SMARTS) is 1. The van der Waals surface area contributed by atoms with E-state index in [1.165, 1.54) is 0 Å². The number of hydrogen-bond donors (Lipinski definition) is 2. The van der Waals surface area contributed by atoms with Gasteiger partial charge in [-0.2, -0.15) is 0 Å². The van der Waals surface area contributed by atoms with Gasteiger partial charge in [-0.25, -0.2) is 4.79 Å². The average Bonchev–Trinajstić information content (AvgIpc) is 2.76. The number of hydrogen-bond acceptors (Lipinski definition) is 4. The van der Waals surface area contributed by atoms with E-state index in [0.29, 0.717) is 18.6 Å². The zero-order valence-corrected chi connectivity index (χ0v) is 11.7. The molecule has 1 aromatic rings. The summed E-state index contributed by atoms with van der Waals surface area (Å²) in [6, 6.07) is 0.646. The molecule has 0 spiro atoms. The second-order valence-corrected chi connectivity index (χ2v) is 5.48. The van der Waals surface area contributed by atoms with Crippen LogP contribution in [0.25, 0.3) is 0 Å². The number of amides is 1. The van der Waals surface area contributed by atoms with Gasteiger partial charge < -0.3 is 14.9 Å². The molecule has 0 aromatic carbocycles. The lowest BCUT2D eigenvalue weighted by atomic mass is 9.93. The monoisotopic (exact) mass is 268 g/mol. The fourth-order valence-corrected chi connectivity index (χ4v) is 1.51. The molecule has 1 amide bonds. The molecule has 19 heavy (non-hydrogen) atoms. The Morgan fingerprint density at radius 3 is 2.53 bits per heavy atom. The largest absolute Gasteiger partial charge is 0.480 e. The van der Waals surface area contributed by atoms with Gasteiger partial charge in [0.05, 0.1) is 0 Å². The Hall–Kier alpha value is -1.85. The average molecular weight is 268 g/mol. The lowest BCUT2D eigenvalue weighted by molar-refractivity contribution is -0.139. The van der Waals surface area contributed by atoms with E-state index in [9.17, 15) is 9.59 Å². The zero-order valence-electron chi connectivity index (χ0n) is 11.7. The van der Waals surface area contributed by atoms with Gasteiger partial charge in [-0.1, -0.05) is 39.3 Å². The summed E-state index contributed by atoms with van der Waals surface area (Å²) in [5.74, 6) is -0.991. The molecule has 1 aromatic heterocycles. The quantitative estimate of drug-likeness (QED) is 0.851. The maximum atomic E-state index is 11.9. The van der Waals surface area contributed by atoms with Crippen molar-refractivity contribution in [3.63, 3.8) is 0 Å². The predicted molar refractivity (Wildman–Crippen MR) is 69.0 cm³/mol. The summed E-state index contributed by atoms with van der Waals surface area (Å²) in [6.45, 7) is 7.67. The van der Waals surface area contributed by atoms with E-state index in [0.717, 1.165) is 0 Å². The van der Waals surface area contributed by atoms with E-state index in [4.69, 9.17) is 9.63 Å². The van der Waals surface area contributed by atoms with Gasteiger partial charge in [0.25, 0.3) is 5.91 Å². The highest BCUT2D eigenvalue weighted by molar-refractivity contribution is 5.94. The zero-order chi connectivity index (χ0) is 14.6. The van der Waals surface area contributed by atoms with Gasteiger partial charge in [0.1, 0.15) is 11.8 Å². The summed E-state index contributed by atoms with van der Waals surface area (Å²) < 4.78 is 5.09. The number of nitrogens with one attached hydrogen (secondary N) is 1. The third-order valence-electron chi connectivity index (χ3n) is 2.66. The molecule has 1 rings (SSSR count). The van der Waals surface area contributed by atoms with Crippen LogP contribution in [-0.2, 0) is 10.2 Å². The van der Waals surface area contributed by atoms with Crippen LogP contribution in [0.15, 0.2) is 10.6 Å². The molecule has 0 saturated carbocycles. The van der Waals surface area contributed by atoms with Crippen molar-refractivity contribution in [1.82, 2.24) is 10.5 Å². The van der Waals surface area contributed by atoms with Crippen LogP contribution in [0, 0.1) is 0 Å². The number of nitrogens with zero attached hydrogens (tertiary/aromatic N) is 1. The summed E-state index contributed by atoms with van der Waals surface area (Å²) in [5.41, 5.74) is -0.145. The number of rotatable bonds is 5. The number of carboxylic acids is 1. The first-order chi connectivity index (χ1) is 8.75. The molecule has 0 radical (unpaired) electrons. The van der Waals surface area contributed by atoms with Gasteiger partial charge in [-0.15, -0.1) is 0 Å². The fourth-order valence-electron chi connectivity index (χ4n) is 1.51. The number of carbonyl (C=O) groups is 2. The van der Waals surface area contributed by atoms with E-state index in [2.05, 4.69) is 10.5 Å². The van der Waals surface area contributed by atoms with Crippen molar-refractivity contribution in [2.45, 2.75) is 52.0 Å². The van der Waals surface area contributed by atoms with Gasteiger partial charge in [0.15, 0.2) is 5.69 Å². The molecule has 0 aliphatic heterocycles. The first-order valence-corrected chi connectivity index (χ1v) is 6.26. The molecule has 0 fully saturated rings.